The number of benzene rings is 1. The number of hydrogen-bond acceptors (Lipinski definition) is 4. The third-order valence-electron chi connectivity index (χ3n) is 2.81. The Morgan fingerprint density at radius 1 is 1.50 bits per heavy atom. The highest BCUT2D eigenvalue weighted by atomic mass is 35.5. The van der Waals surface area contributed by atoms with E-state index in [9.17, 15) is 17.9 Å². The Bertz CT molecular complexity index is 579. The second-order valence-corrected chi connectivity index (χ2v) is 6.35. The molecular formula is C10H12ClFN2O3S. The fourth-order valence-corrected chi connectivity index (χ4v) is 3.93. The zero-order valence-electron chi connectivity index (χ0n) is 9.31. The fourth-order valence-electron chi connectivity index (χ4n) is 1.84. The van der Waals surface area contributed by atoms with Crippen LogP contribution >= 0.6 is 11.6 Å². The third kappa shape index (κ3) is 2.13. The van der Waals surface area contributed by atoms with Crippen molar-refractivity contribution < 1.29 is 17.9 Å². The molecule has 0 amide bonds. The van der Waals surface area contributed by atoms with Gasteiger partial charge in [-0.1, -0.05) is 11.6 Å². The summed E-state index contributed by atoms with van der Waals surface area (Å²) in [6, 6.07) is 2.59. The largest absolute Gasteiger partial charge is 0.504 e. The topological polar surface area (TPSA) is 83.6 Å². The van der Waals surface area contributed by atoms with Gasteiger partial charge < -0.3 is 10.8 Å². The molecule has 1 aliphatic heterocycles. The van der Waals surface area contributed by atoms with Gasteiger partial charge in [0.2, 0.25) is 10.0 Å². The quantitative estimate of drug-likeness (QED) is 0.637. The van der Waals surface area contributed by atoms with Gasteiger partial charge in [-0.05, 0) is 18.6 Å². The molecule has 0 saturated carbocycles. The van der Waals surface area contributed by atoms with Crippen LogP contribution in [0.1, 0.15) is 6.42 Å². The van der Waals surface area contributed by atoms with Crippen molar-refractivity contribution in [3.63, 3.8) is 0 Å². The number of nitrogen functional groups attached to an aromatic ring is 1. The Morgan fingerprint density at radius 2 is 2.17 bits per heavy atom. The lowest BCUT2D eigenvalue weighted by atomic mass is 10.3. The molecule has 0 bridgehead atoms. The number of nitrogens with two attached hydrogens (primary N) is 1. The third-order valence-corrected chi connectivity index (χ3v) is 5.17. The number of aromatic hydroxyl groups is 1. The highest BCUT2D eigenvalue weighted by Gasteiger charge is 2.36. The molecule has 1 atom stereocenters. The van der Waals surface area contributed by atoms with Crippen molar-refractivity contribution in [2.24, 2.45) is 0 Å². The molecule has 1 saturated heterocycles. The van der Waals surface area contributed by atoms with Gasteiger partial charge in [0.05, 0.1) is 10.7 Å². The average Bonchev–Trinajstić information content (AvgIpc) is 2.71. The van der Waals surface area contributed by atoms with Gasteiger partial charge in [-0.15, -0.1) is 0 Å². The molecule has 5 nitrogen and oxygen atoms in total. The highest BCUT2D eigenvalue weighted by molar-refractivity contribution is 7.89. The molecule has 0 spiro atoms. The Labute approximate surface area is 109 Å². The number of alkyl halides is 1. The van der Waals surface area contributed by atoms with Crippen LogP contribution in [0.25, 0.3) is 0 Å². The SMILES string of the molecule is Nc1ccc(Cl)c(S(=O)(=O)N2CC[C@@H](F)C2)c1O. The maximum absolute atomic E-state index is 13.1. The molecule has 0 aromatic heterocycles. The van der Waals surface area contributed by atoms with Crippen molar-refractivity contribution in [3.05, 3.63) is 17.2 Å². The predicted molar refractivity (Wildman–Crippen MR) is 65.8 cm³/mol. The van der Waals surface area contributed by atoms with E-state index in [1.165, 1.54) is 12.1 Å². The van der Waals surface area contributed by atoms with E-state index < -0.39 is 26.8 Å². The molecule has 0 unspecified atom stereocenters. The van der Waals surface area contributed by atoms with Gasteiger partial charge in [0.1, 0.15) is 11.1 Å². The Morgan fingerprint density at radius 3 is 2.72 bits per heavy atom. The summed E-state index contributed by atoms with van der Waals surface area (Å²) >= 11 is 5.79. The first kappa shape index (κ1) is 13.4. The summed E-state index contributed by atoms with van der Waals surface area (Å²) in [6.07, 6.45) is -1.05. The summed E-state index contributed by atoms with van der Waals surface area (Å²) < 4.78 is 38.5. The zero-order valence-corrected chi connectivity index (χ0v) is 10.9. The number of anilines is 1. The molecule has 1 fully saturated rings. The molecule has 1 aromatic carbocycles. The molecule has 3 N–H and O–H groups in total. The van der Waals surface area contributed by atoms with Crippen LogP contribution in [0, 0.1) is 0 Å². The van der Waals surface area contributed by atoms with E-state index in [1.54, 1.807) is 0 Å². The molecule has 1 aromatic rings. The van der Waals surface area contributed by atoms with E-state index in [-0.39, 0.29) is 30.2 Å². The fraction of sp³-hybridized carbons (Fsp3) is 0.400. The molecule has 1 heterocycles. The first-order chi connectivity index (χ1) is 8.34. The van der Waals surface area contributed by atoms with E-state index in [4.69, 9.17) is 17.3 Å². The first-order valence-electron chi connectivity index (χ1n) is 5.25. The van der Waals surface area contributed by atoms with Gasteiger partial charge in [-0.3, -0.25) is 0 Å². The van der Waals surface area contributed by atoms with Crippen LogP contribution in [0.2, 0.25) is 5.02 Å². The van der Waals surface area contributed by atoms with Crippen molar-refractivity contribution in [1.82, 2.24) is 4.31 Å². The molecule has 8 heteroatoms. The van der Waals surface area contributed by atoms with Crippen molar-refractivity contribution in [2.45, 2.75) is 17.5 Å². The molecule has 18 heavy (non-hydrogen) atoms. The second kappa shape index (κ2) is 4.56. The molecule has 100 valence electrons. The van der Waals surface area contributed by atoms with Crippen LogP contribution < -0.4 is 5.73 Å². The second-order valence-electron chi connectivity index (χ2n) is 4.06. The van der Waals surface area contributed by atoms with E-state index in [0.717, 1.165) is 4.31 Å². The lowest BCUT2D eigenvalue weighted by molar-refractivity contribution is 0.342. The summed E-state index contributed by atoms with van der Waals surface area (Å²) in [6.45, 7) is -0.166. The van der Waals surface area contributed by atoms with E-state index in [1.807, 2.05) is 0 Å². The number of nitrogens with zero attached hydrogens (tertiary/aromatic N) is 1. The van der Waals surface area contributed by atoms with Crippen LogP contribution in [-0.4, -0.2) is 37.1 Å². The van der Waals surface area contributed by atoms with E-state index in [0.29, 0.717) is 0 Å². The van der Waals surface area contributed by atoms with Crippen molar-refractivity contribution in [1.29, 1.82) is 0 Å². The lowest BCUT2D eigenvalue weighted by Crippen LogP contribution is -2.29. The monoisotopic (exact) mass is 294 g/mol. The molecular weight excluding hydrogens is 283 g/mol. The average molecular weight is 295 g/mol. The minimum absolute atomic E-state index is 0.0636. The molecule has 0 aliphatic carbocycles. The Hall–Kier alpha value is -1.05. The maximum atomic E-state index is 13.1. The van der Waals surface area contributed by atoms with E-state index >= 15 is 0 Å². The normalized spacial score (nSPS) is 21.3. The van der Waals surface area contributed by atoms with Crippen molar-refractivity contribution >= 4 is 27.3 Å². The van der Waals surface area contributed by atoms with Crippen LogP contribution in [-0.2, 0) is 10.0 Å². The molecule has 2 rings (SSSR count). The Balaban J connectivity index is 2.51. The smallest absolute Gasteiger partial charge is 0.248 e. The number of sulfonamides is 1. The van der Waals surface area contributed by atoms with Crippen molar-refractivity contribution in [2.75, 3.05) is 18.8 Å². The van der Waals surface area contributed by atoms with Gasteiger partial charge in [0.15, 0.2) is 5.75 Å². The van der Waals surface area contributed by atoms with Gasteiger partial charge in [-0.25, -0.2) is 12.8 Å². The first-order valence-corrected chi connectivity index (χ1v) is 7.07. The van der Waals surface area contributed by atoms with E-state index in [2.05, 4.69) is 0 Å². The predicted octanol–water partition coefficient (Wildman–Crippen LogP) is 1.36. The lowest BCUT2D eigenvalue weighted by Gasteiger charge is -2.17. The number of phenols is 1. The summed E-state index contributed by atoms with van der Waals surface area (Å²) in [5.41, 5.74) is 5.36. The number of phenolic OH excluding ortho intramolecular Hbond substituents is 1. The van der Waals surface area contributed by atoms with Crippen molar-refractivity contribution in [3.8, 4) is 5.75 Å². The number of hydrogen-bond donors (Lipinski definition) is 2. The standard InChI is InChI=1S/C10H12ClFN2O3S/c11-7-1-2-8(13)9(15)10(7)18(16,17)14-4-3-6(12)5-14/h1-2,6,15H,3-5,13H2/t6-/m1/s1. The highest BCUT2D eigenvalue weighted by Crippen LogP contribution is 2.37. The van der Waals surface area contributed by atoms with Crippen LogP contribution in [0.3, 0.4) is 0 Å². The van der Waals surface area contributed by atoms with Crippen LogP contribution in [0.15, 0.2) is 17.0 Å². The van der Waals surface area contributed by atoms with Gasteiger partial charge in [0.25, 0.3) is 0 Å². The summed E-state index contributed by atoms with van der Waals surface area (Å²) in [5.74, 6) is -0.593. The van der Waals surface area contributed by atoms with Crippen LogP contribution in [0.4, 0.5) is 10.1 Å². The summed E-state index contributed by atoms with van der Waals surface area (Å²) in [5, 5.41) is 9.60. The van der Waals surface area contributed by atoms with Gasteiger partial charge in [-0.2, -0.15) is 4.31 Å². The van der Waals surface area contributed by atoms with Gasteiger partial charge in [0, 0.05) is 13.1 Å². The van der Waals surface area contributed by atoms with Gasteiger partial charge >= 0.3 is 0 Å². The maximum Gasteiger partial charge on any atom is 0.248 e. The summed E-state index contributed by atoms with van der Waals surface area (Å²) in [4.78, 5) is -0.460. The van der Waals surface area contributed by atoms with Crippen LogP contribution in [0.5, 0.6) is 5.75 Å². The minimum Gasteiger partial charge on any atom is -0.504 e. The molecule has 1 aliphatic rings. The zero-order chi connectivity index (χ0) is 13.5. The molecule has 0 radical (unpaired) electrons. The number of rotatable bonds is 2. The minimum atomic E-state index is -4.02. The number of halogens is 2. The Kier molecular flexibility index (Phi) is 3.39. The summed E-state index contributed by atoms with van der Waals surface area (Å²) in [7, 11) is -4.02.